The molecule has 1 aromatic rings. The Bertz CT molecular complexity index is 405. The fraction of sp³-hybridized carbons (Fsp3) is 0. The molecule has 1 rings (SSSR count). The standard InChI is InChI=1S/C12H13NO/c1-4-8-7-11(14)9(5-2)10(6-3)12(8)13/h4-7,14H,1-3,13H2. The topological polar surface area (TPSA) is 46.2 Å². The molecule has 0 aliphatic rings. The summed E-state index contributed by atoms with van der Waals surface area (Å²) in [5, 5.41) is 9.64. The van der Waals surface area contributed by atoms with Gasteiger partial charge in [-0.2, -0.15) is 0 Å². The van der Waals surface area contributed by atoms with Crippen LogP contribution in [0.5, 0.6) is 5.75 Å². The summed E-state index contributed by atoms with van der Waals surface area (Å²) in [6.45, 7) is 10.9. The molecule has 14 heavy (non-hydrogen) atoms. The quantitative estimate of drug-likeness (QED) is 0.564. The van der Waals surface area contributed by atoms with E-state index in [0.29, 0.717) is 22.4 Å². The molecule has 0 spiro atoms. The van der Waals surface area contributed by atoms with Gasteiger partial charge in [-0.15, -0.1) is 0 Å². The average Bonchev–Trinajstić information content (AvgIpc) is 2.20. The van der Waals surface area contributed by atoms with Gasteiger partial charge >= 0.3 is 0 Å². The highest BCUT2D eigenvalue weighted by Gasteiger charge is 2.09. The molecule has 2 heteroatoms. The van der Waals surface area contributed by atoms with Gasteiger partial charge in [-0.05, 0) is 6.07 Å². The van der Waals surface area contributed by atoms with Crippen LogP contribution in [0.3, 0.4) is 0 Å². The largest absolute Gasteiger partial charge is 0.507 e. The number of benzene rings is 1. The first-order valence-corrected chi connectivity index (χ1v) is 4.18. The highest BCUT2D eigenvalue weighted by atomic mass is 16.3. The second kappa shape index (κ2) is 3.83. The molecule has 0 saturated heterocycles. The minimum absolute atomic E-state index is 0.138. The van der Waals surface area contributed by atoms with Gasteiger partial charge in [-0.3, -0.25) is 0 Å². The minimum atomic E-state index is 0.138. The van der Waals surface area contributed by atoms with Crippen molar-refractivity contribution in [2.45, 2.75) is 0 Å². The van der Waals surface area contributed by atoms with Gasteiger partial charge in [0.2, 0.25) is 0 Å². The Balaban J connectivity index is 3.63. The lowest BCUT2D eigenvalue weighted by atomic mass is 9.99. The molecule has 2 nitrogen and oxygen atoms in total. The van der Waals surface area contributed by atoms with Crippen molar-refractivity contribution in [1.82, 2.24) is 0 Å². The van der Waals surface area contributed by atoms with Gasteiger partial charge in [-0.1, -0.05) is 38.0 Å². The van der Waals surface area contributed by atoms with E-state index >= 15 is 0 Å². The Kier molecular flexibility index (Phi) is 2.77. The molecule has 72 valence electrons. The van der Waals surface area contributed by atoms with Crippen LogP contribution in [0.2, 0.25) is 0 Å². The monoisotopic (exact) mass is 187 g/mol. The zero-order valence-electron chi connectivity index (χ0n) is 7.96. The van der Waals surface area contributed by atoms with Crippen molar-refractivity contribution in [3.63, 3.8) is 0 Å². The van der Waals surface area contributed by atoms with Crippen LogP contribution in [-0.2, 0) is 0 Å². The van der Waals surface area contributed by atoms with E-state index in [1.807, 2.05) is 0 Å². The second-order valence-electron chi connectivity index (χ2n) is 2.84. The van der Waals surface area contributed by atoms with Gasteiger partial charge in [0.25, 0.3) is 0 Å². The van der Waals surface area contributed by atoms with Crippen molar-refractivity contribution in [2.75, 3.05) is 5.73 Å². The summed E-state index contributed by atoms with van der Waals surface area (Å²) in [4.78, 5) is 0. The van der Waals surface area contributed by atoms with Crippen LogP contribution in [0.1, 0.15) is 16.7 Å². The van der Waals surface area contributed by atoms with E-state index in [0.717, 1.165) is 0 Å². The highest BCUT2D eigenvalue weighted by Crippen LogP contribution is 2.32. The van der Waals surface area contributed by atoms with Crippen molar-refractivity contribution in [2.24, 2.45) is 0 Å². The molecule has 0 unspecified atom stereocenters. The molecule has 0 aliphatic heterocycles. The molecule has 0 radical (unpaired) electrons. The fourth-order valence-corrected chi connectivity index (χ4v) is 1.34. The summed E-state index contributed by atoms with van der Waals surface area (Å²) in [5.41, 5.74) is 8.39. The van der Waals surface area contributed by atoms with E-state index in [1.165, 1.54) is 0 Å². The first-order valence-electron chi connectivity index (χ1n) is 4.18. The number of phenolic OH excluding ortho intramolecular Hbond substituents is 1. The SMILES string of the molecule is C=Cc1cc(O)c(C=C)c(C=C)c1N. The summed E-state index contributed by atoms with van der Waals surface area (Å²) in [6.07, 6.45) is 4.74. The number of rotatable bonds is 3. The molecule has 0 aromatic heterocycles. The first kappa shape index (κ1) is 10.1. The third-order valence-electron chi connectivity index (χ3n) is 2.09. The second-order valence-corrected chi connectivity index (χ2v) is 2.84. The van der Waals surface area contributed by atoms with Crippen molar-refractivity contribution in [1.29, 1.82) is 0 Å². The maximum Gasteiger partial charge on any atom is 0.124 e. The molecule has 0 aliphatic carbocycles. The van der Waals surface area contributed by atoms with E-state index < -0.39 is 0 Å². The Hall–Kier alpha value is -1.96. The average molecular weight is 187 g/mol. The highest BCUT2D eigenvalue weighted by molar-refractivity contribution is 5.83. The van der Waals surface area contributed by atoms with Crippen LogP contribution in [0.4, 0.5) is 5.69 Å². The van der Waals surface area contributed by atoms with Gasteiger partial charge in [0.15, 0.2) is 0 Å². The number of hydrogen-bond donors (Lipinski definition) is 2. The smallest absolute Gasteiger partial charge is 0.124 e. The van der Waals surface area contributed by atoms with Gasteiger partial charge in [0, 0.05) is 22.4 Å². The number of nitrogen functional groups attached to an aromatic ring is 1. The number of aromatic hydroxyl groups is 1. The van der Waals surface area contributed by atoms with E-state index in [9.17, 15) is 5.11 Å². The predicted molar refractivity (Wildman–Crippen MR) is 62.8 cm³/mol. The van der Waals surface area contributed by atoms with E-state index in [1.54, 1.807) is 24.3 Å². The summed E-state index contributed by atoms with van der Waals surface area (Å²) in [7, 11) is 0. The minimum Gasteiger partial charge on any atom is -0.507 e. The van der Waals surface area contributed by atoms with Crippen molar-refractivity contribution in [3.05, 3.63) is 42.5 Å². The van der Waals surface area contributed by atoms with Crippen LogP contribution < -0.4 is 5.73 Å². The van der Waals surface area contributed by atoms with Crippen molar-refractivity contribution < 1.29 is 5.11 Å². The van der Waals surface area contributed by atoms with Crippen LogP contribution >= 0.6 is 0 Å². The summed E-state index contributed by atoms with van der Waals surface area (Å²) >= 11 is 0. The van der Waals surface area contributed by atoms with E-state index in [2.05, 4.69) is 19.7 Å². The number of hydrogen-bond acceptors (Lipinski definition) is 2. The summed E-state index contributed by atoms with van der Waals surface area (Å²) in [6, 6.07) is 1.56. The lowest BCUT2D eigenvalue weighted by molar-refractivity contribution is 0.474. The van der Waals surface area contributed by atoms with E-state index in [4.69, 9.17) is 5.73 Å². The number of nitrogens with two attached hydrogens (primary N) is 1. The molecule has 0 bridgehead atoms. The zero-order chi connectivity index (χ0) is 10.7. The number of phenols is 1. The van der Waals surface area contributed by atoms with E-state index in [-0.39, 0.29) is 5.75 Å². The molecule has 3 N–H and O–H groups in total. The molecule has 0 fully saturated rings. The van der Waals surface area contributed by atoms with Crippen LogP contribution in [-0.4, -0.2) is 5.11 Å². The third-order valence-corrected chi connectivity index (χ3v) is 2.09. The molecule has 0 amide bonds. The molecular weight excluding hydrogens is 174 g/mol. The van der Waals surface area contributed by atoms with Gasteiger partial charge in [0.05, 0.1) is 0 Å². The van der Waals surface area contributed by atoms with Crippen molar-refractivity contribution in [3.8, 4) is 5.75 Å². The lowest BCUT2D eigenvalue weighted by Crippen LogP contribution is -1.96. The summed E-state index contributed by atoms with van der Waals surface area (Å²) < 4.78 is 0. The van der Waals surface area contributed by atoms with Gasteiger partial charge in [-0.25, -0.2) is 0 Å². The van der Waals surface area contributed by atoms with Crippen molar-refractivity contribution >= 4 is 23.9 Å². The predicted octanol–water partition coefficient (Wildman–Crippen LogP) is 2.90. The summed E-state index contributed by atoms with van der Waals surface area (Å²) in [5.74, 6) is 0.138. The molecule has 0 atom stereocenters. The molecule has 0 heterocycles. The normalized spacial score (nSPS) is 9.43. The Labute approximate surface area is 83.7 Å². The fourth-order valence-electron chi connectivity index (χ4n) is 1.34. The molecule has 1 aromatic carbocycles. The third kappa shape index (κ3) is 1.42. The van der Waals surface area contributed by atoms with Gasteiger partial charge < -0.3 is 10.8 Å². The number of anilines is 1. The maximum absolute atomic E-state index is 9.64. The van der Waals surface area contributed by atoms with Crippen LogP contribution in [0.25, 0.3) is 18.2 Å². The van der Waals surface area contributed by atoms with Crippen LogP contribution in [0, 0.1) is 0 Å². The first-order chi connectivity index (χ1) is 6.65. The molecular formula is C12H13NO. The Morgan fingerprint density at radius 3 is 2.07 bits per heavy atom. The Morgan fingerprint density at radius 1 is 1.07 bits per heavy atom. The van der Waals surface area contributed by atoms with Crippen LogP contribution in [0.15, 0.2) is 25.8 Å². The lowest BCUT2D eigenvalue weighted by Gasteiger charge is -2.10. The zero-order valence-corrected chi connectivity index (χ0v) is 7.96. The molecule has 0 saturated carbocycles. The maximum atomic E-state index is 9.64. The Morgan fingerprint density at radius 2 is 1.64 bits per heavy atom. The van der Waals surface area contributed by atoms with Gasteiger partial charge in [0.1, 0.15) is 5.75 Å².